The molecular weight excluding hydrogens is 392 g/mol. The molecule has 1 fully saturated rings. The van der Waals surface area contributed by atoms with Crippen molar-refractivity contribution in [2.75, 3.05) is 18.5 Å². The number of rotatable bonds is 7. The molecule has 1 aliphatic heterocycles. The Kier molecular flexibility index (Phi) is 5.67. The highest BCUT2D eigenvalue weighted by atomic mass is 16.6. The number of imide groups is 1. The Morgan fingerprint density at radius 2 is 1.93 bits per heavy atom. The van der Waals surface area contributed by atoms with Gasteiger partial charge in [-0.05, 0) is 43.7 Å². The van der Waals surface area contributed by atoms with Gasteiger partial charge in [0.1, 0.15) is 17.8 Å². The third kappa shape index (κ3) is 4.07. The molecule has 1 saturated heterocycles. The van der Waals surface area contributed by atoms with Gasteiger partial charge in [0.05, 0.1) is 11.5 Å². The van der Waals surface area contributed by atoms with Crippen molar-refractivity contribution < 1.29 is 24.0 Å². The van der Waals surface area contributed by atoms with E-state index in [0.29, 0.717) is 18.0 Å². The molecule has 10 nitrogen and oxygen atoms in total. The van der Waals surface area contributed by atoms with Crippen molar-refractivity contribution in [1.82, 2.24) is 10.2 Å². The lowest BCUT2D eigenvalue weighted by molar-refractivity contribution is -0.385. The van der Waals surface area contributed by atoms with Gasteiger partial charge in [-0.2, -0.15) is 0 Å². The van der Waals surface area contributed by atoms with E-state index in [2.05, 4.69) is 10.6 Å². The fourth-order valence-corrected chi connectivity index (χ4v) is 3.11. The zero-order valence-corrected chi connectivity index (χ0v) is 16.4. The summed E-state index contributed by atoms with van der Waals surface area (Å²) in [4.78, 5) is 48.8. The Balaban J connectivity index is 1.72. The molecule has 1 aliphatic rings. The van der Waals surface area contributed by atoms with Crippen molar-refractivity contribution in [3.05, 3.63) is 64.2 Å². The average Bonchev–Trinajstić information content (AvgIpc) is 2.94. The molecule has 2 aromatic carbocycles. The van der Waals surface area contributed by atoms with Crippen LogP contribution in [0.2, 0.25) is 0 Å². The summed E-state index contributed by atoms with van der Waals surface area (Å²) in [5.41, 5.74) is -0.980. The molecule has 0 saturated carbocycles. The summed E-state index contributed by atoms with van der Waals surface area (Å²) >= 11 is 0. The first-order valence-electron chi connectivity index (χ1n) is 9.16. The van der Waals surface area contributed by atoms with Crippen LogP contribution in [0.15, 0.2) is 48.5 Å². The number of nitrogens with one attached hydrogen (secondary N) is 2. The molecule has 1 atom stereocenters. The van der Waals surface area contributed by atoms with E-state index in [1.807, 2.05) is 6.92 Å². The molecule has 0 aromatic heterocycles. The highest BCUT2D eigenvalue weighted by Crippen LogP contribution is 2.30. The van der Waals surface area contributed by atoms with Gasteiger partial charge in [-0.25, -0.2) is 4.79 Å². The van der Waals surface area contributed by atoms with Gasteiger partial charge in [0.15, 0.2) is 0 Å². The number of amides is 4. The molecule has 0 bridgehead atoms. The van der Waals surface area contributed by atoms with E-state index in [0.717, 1.165) is 4.90 Å². The molecule has 0 aliphatic carbocycles. The van der Waals surface area contributed by atoms with E-state index in [4.69, 9.17) is 4.74 Å². The fraction of sp³-hybridized carbons (Fsp3) is 0.250. The number of hydrogen-bond acceptors (Lipinski definition) is 6. The molecule has 2 aromatic rings. The van der Waals surface area contributed by atoms with E-state index in [-0.39, 0.29) is 11.3 Å². The van der Waals surface area contributed by atoms with Crippen molar-refractivity contribution in [1.29, 1.82) is 0 Å². The Morgan fingerprint density at radius 3 is 2.57 bits per heavy atom. The van der Waals surface area contributed by atoms with Gasteiger partial charge in [0.25, 0.3) is 11.6 Å². The highest BCUT2D eigenvalue weighted by Gasteiger charge is 2.49. The number of benzene rings is 2. The molecule has 0 radical (unpaired) electrons. The van der Waals surface area contributed by atoms with Gasteiger partial charge >= 0.3 is 6.03 Å². The summed E-state index contributed by atoms with van der Waals surface area (Å²) in [5, 5.41) is 16.2. The number of urea groups is 1. The minimum atomic E-state index is -1.51. The quantitative estimate of drug-likeness (QED) is 0.408. The Hall–Kier alpha value is -3.95. The fourth-order valence-electron chi connectivity index (χ4n) is 3.11. The van der Waals surface area contributed by atoms with Gasteiger partial charge in [0.2, 0.25) is 5.91 Å². The predicted octanol–water partition coefficient (Wildman–Crippen LogP) is 2.40. The van der Waals surface area contributed by atoms with Crippen molar-refractivity contribution >= 4 is 29.2 Å². The minimum absolute atomic E-state index is 0.206. The number of carbonyl (C=O) groups is 3. The number of nitro groups is 1. The molecule has 10 heteroatoms. The number of hydrogen-bond donors (Lipinski definition) is 2. The number of ether oxygens (including phenoxy) is 1. The van der Waals surface area contributed by atoms with E-state index < -0.39 is 34.9 Å². The molecule has 2 N–H and O–H groups in total. The largest absolute Gasteiger partial charge is 0.494 e. The summed E-state index contributed by atoms with van der Waals surface area (Å²) in [6.45, 7) is 3.31. The second-order valence-electron chi connectivity index (χ2n) is 6.76. The van der Waals surface area contributed by atoms with E-state index in [1.54, 1.807) is 24.3 Å². The van der Waals surface area contributed by atoms with Crippen LogP contribution < -0.4 is 15.4 Å². The normalized spacial score (nSPS) is 18.1. The van der Waals surface area contributed by atoms with Gasteiger partial charge in [0, 0.05) is 17.8 Å². The number of anilines is 1. The summed E-state index contributed by atoms with van der Waals surface area (Å²) in [5.74, 6) is -0.585. The van der Waals surface area contributed by atoms with Crippen LogP contribution >= 0.6 is 0 Å². The van der Waals surface area contributed by atoms with Crippen LogP contribution in [-0.2, 0) is 15.1 Å². The summed E-state index contributed by atoms with van der Waals surface area (Å²) in [6, 6.07) is 11.4. The number of non-ortho nitro benzene ring substituents is 1. The maximum Gasteiger partial charge on any atom is 0.325 e. The smallest absolute Gasteiger partial charge is 0.325 e. The molecule has 1 heterocycles. The average molecular weight is 412 g/mol. The number of carbonyl (C=O) groups excluding carboxylic acids is 3. The first-order valence-corrected chi connectivity index (χ1v) is 9.16. The van der Waals surface area contributed by atoms with Gasteiger partial charge in [-0.15, -0.1) is 0 Å². The highest BCUT2D eigenvalue weighted by molar-refractivity contribution is 6.10. The Bertz CT molecular complexity index is 1010. The summed E-state index contributed by atoms with van der Waals surface area (Å²) < 4.78 is 5.33. The molecule has 0 spiro atoms. The molecule has 4 amide bonds. The Labute approximate surface area is 172 Å². The van der Waals surface area contributed by atoms with Gasteiger partial charge in [-0.1, -0.05) is 12.1 Å². The zero-order valence-electron chi connectivity index (χ0n) is 16.4. The van der Waals surface area contributed by atoms with Crippen molar-refractivity contribution in [2.24, 2.45) is 0 Å². The lowest BCUT2D eigenvalue weighted by Gasteiger charge is -2.22. The second-order valence-corrected chi connectivity index (χ2v) is 6.76. The van der Waals surface area contributed by atoms with Crippen molar-refractivity contribution in [3.8, 4) is 5.75 Å². The molecule has 1 unspecified atom stereocenters. The second kappa shape index (κ2) is 8.19. The van der Waals surface area contributed by atoms with Gasteiger partial charge in [-0.3, -0.25) is 24.6 Å². The third-order valence-corrected chi connectivity index (χ3v) is 4.66. The monoisotopic (exact) mass is 412 g/mol. The lowest BCUT2D eigenvalue weighted by atomic mass is 9.91. The zero-order chi connectivity index (χ0) is 21.9. The van der Waals surface area contributed by atoms with Crippen LogP contribution in [0, 0.1) is 10.1 Å². The topological polar surface area (TPSA) is 131 Å². The standard InChI is InChI=1S/C20H20N4O6/c1-3-30-16-9-7-14(8-10-16)21-17(25)12-23-18(26)20(2,22-19(23)27)13-5-4-6-15(11-13)24(28)29/h4-11H,3,12H2,1-2H3,(H,21,25)(H,22,27). The Morgan fingerprint density at radius 1 is 1.23 bits per heavy atom. The van der Waals surface area contributed by atoms with Gasteiger partial charge < -0.3 is 15.4 Å². The van der Waals surface area contributed by atoms with E-state index in [1.165, 1.54) is 31.2 Å². The first-order chi connectivity index (χ1) is 14.2. The first kappa shape index (κ1) is 20.8. The molecular formula is C20H20N4O6. The maximum atomic E-state index is 12.9. The lowest BCUT2D eigenvalue weighted by Crippen LogP contribution is -2.42. The van der Waals surface area contributed by atoms with E-state index >= 15 is 0 Å². The summed E-state index contributed by atoms with van der Waals surface area (Å²) in [7, 11) is 0. The maximum absolute atomic E-state index is 12.9. The SMILES string of the molecule is CCOc1ccc(NC(=O)CN2C(=O)NC(C)(c3cccc([N+](=O)[O-])c3)C2=O)cc1. The van der Waals surface area contributed by atoms with Crippen LogP contribution in [0.3, 0.4) is 0 Å². The molecule has 3 rings (SSSR count). The molecule has 30 heavy (non-hydrogen) atoms. The minimum Gasteiger partial charge on any atom is -0.494 e. The number of nitrogens with zero attached hydrogens (tertiary/aromatic N) is 2. The van der Waals surface area contributed by atoms with Crippen molar-refractivity contribution in [2.45, 2.75) is 19.4 Å². The van der Waals surface area contributed by atoms with Crippen molar-refractivity contribution in [3.63, 3.8) is 0 Å². The van der Waals surface area contributed by atoms with Crippen LogP contribution in [0.5, 0.6) is 5.75 Å². The summed E-state index contributed by atoms with van der Waals surface area (Å²) in [6.07, 6.45) is 0. The molecule has 156 valence electrons. The van der Waals surface area contributed by atoms with Crippen LogP contribution in [0.25, 0.3) is 0 Å². The van der Waals surface area contributed by atoms with E-state index in [9.17, 15) is 24.5 Å². The van der Waals surface area contributed by atoms with Crippen LogP contribution in [-0.4, -0.2) is 40.8 Å². The number of nitro benzene ring substituents is 1. The van der Waals surface area contributed by atoms with Crippen LogP contribution in [0.1, 0.15) is 19.4 Å². The predicted molar refractivity (Wildman–Crippen MR) is 107 cm³/mol. The van der Waals surface area contributed by atoms with Crippen LogP contribution in [0.4, 0.5) is 16.2 Å². The third-order valence-electron chi connectivity index (χ3n) is 4.66.